The van der Waals surface area contributed by atoms with Crippen molar-refractivity contribution in [2.75, 3.05) is 13.2 Å². The van der Waals surface area contributed by atoms with Crippen LogP contribution in [0.4, 0.5) is 4.39 Å². The van der Waals surface area contributed by atoms with Gasteiger partial charge in [-0.15, -0.1) is 0 Å². The number of carbonyl (C=O) groups is 1. The Hall–Kier alpha value is -1.42. The van der Waals surface area contributed by atoms with Crippen molar-refractivity contribution < 1.29 is 14.3 Å². The molecule has 0 radical (unpaired) electrons. The second kappa shape index (κ2) is 4.40. The van der Waals surface area contributed by atoms with Gasteiger partial charge in [0.25, 0.3) is 0 Å². The third kappa shape index (κ3) is 1.85. The van der Waals surface area contributed by atoms with Gasteiger partial charge in [-0.1, -0.05) is 24.3 Å². The first-order valence-corrected chi connectivity index (χ1v) is 4.64. The van der Waals surface area contributed by atoms with Gasteiger partial charge in [0.15, 0.2) is 0 Å². The fraction of sp³-hybridized carbons (Fsp3) is 0.364. The van der Waals surface area contributed by atoms with Crippen molar-refractivity contribution in [3.8, 4) is 0 Å². The van der Waals surface area contributed by atoms with Gasteiger partial charge >= 0.3 is 5.97 Å². The molecule has 0 heterocycles. The van der Waals surface area contributed by atoms with E-state index >= 15 is 0 Å². The Kier molecular flexibility index (Phi) is 3.42. The Morgan fingerprint density at radius 3 is 2.53 bits per heavy atom. The Morgan fingerprint density at radius 2 is 2.13 bits per heavy atom. The van der Waals surface area contributed by atoms with E-state index in [4.69, 9.17) is 10.8 Å². The van der Waals surface area contributed by atoms with Gasteiger partial charge in [-0.05, 0) is 18.1 Å². The van der Waals surface area contributed by atoms with Crippen molar-refractivity contribution in [2.24, 2.45) is 5.73 Å². The first-order valence-electron chi connectivity index (χ1n) is 4.64. The van der Waals surface area contributed by atoms with E-state index < -0.39 is 18.1 Å². The first kappa shape index (κ1) is 11.7. The Morgan fingerprint density at radius 1 is 1.53 bits per heavy atom. The van der Waals surface area contributed by atoms with Crippen LogP contribution >= 0.6 is 0 Å². The SMILES string of the molecule is Cc1ccccc1C(CN)(CF)C(=O)O. The molecular weight excluding hydrogens is 197 g/mol. The molecule has 0 aliphatic carbocycles. The lowest BCUT2D eigenvalue weighted by molar-refractivity contribution is -0.144. The van der Waals surface area contributed by atoms with E-state index in [2.05, 4.69) is 0 Å². The average molecular weight is 211 g/mol. The van der Waals surface area contributed by atoms with Crippen molar-refractivity contribution in [1.82, 2.24) is 0 Å². The highest BCUT2D eigenvalue weighted by atomic mass is 19.1. The highest BCUT2D eigenvalue weighted by molar-refractivity contribution is 5.82. The van der Waals surface area contributed by atoms with Gasteiger partial charge in [-0.3, -0.25) is 4.79 Å². The number of nitrogens with two attached hydrogens (primary N) is 1. The maximum Gasteiger partial charge on any atom is 0.318 e. The zero-order valence-corrected chi connectivity index (χ0v) is 8.53. The quantitative estimate of drug-likeness (QED) is 0.787. The van der Waals surface area contributed by atoms with E-state index in [0.29, 0.717) is 5.56 Å². The summed E-state index contributed by atoms with van der Waals surface area (Å²) >= 11 is 0. The molecule has 0 aliphatic heterocycles. The number of aryl methyl sites for hydroxylation is 1. The van der Waals surface area contributed by atoms with Crippen LogP contribution in [0.2, 0.25) is 0 Å². The van der Waals surface area contributed by atoms with Crippen molar-refractivity contribution in [3.05, 3.63) is 35.4 Å². The molecule has 0 amide bonds. The lowest BCUT2D eigenvalue weighted by Crippen LogP contribution is -2.45. The predicted octanol–water partition coefficient (Wildman–Crippen LogP) is 1.25. The van der Waals surface area contributed by atoms with E-state index in [1.54, 1.807) is 31.2 Å². The summed E-state index contributed by atoms with van der Waals surface area (Å²) in [5, 5.41) is 9.08. The molecule has 0 aromatic heterocycles. The van der Waals surface area contributed by atoms with E-state index in [1.807, 2.05) is 0 Å². The molecule has 3 nitrogen and oxygen atoms in total. The molecule has 0 fully saturated rings. The second-order valence-electron chi connectivity index (χ2n) is 3.54. The minimum absolute atomic E-state index is 0.246. The minimum Gasteiger partial charge on any atom is -0.480 e. The van der Waals surface area contributed by atoms with Crippen LogP contribution in [0, 0.1) is 6.92 Å². The number of carboxylic acids is 1. The Bertz CT molecular complexity index is 361. The number of rotatable bonds is 4. The van der Waals surface area contributed by atoms with Gasteiger partial charge in [0.05, 0.1) is 0 Å². The number of aliphatic carboxylic acids is 1. The maximum absolute atomic E-state index is 13.0. The summed E-state index contributed by atoms with van der Waals surface area (Å²) in [6.45, 7) is 0.506. The molecule has 1 rings (SSSR count). The molecule has 0 saturated carbocycles. The van der Waals surface area contributed by atoms with Gasteiger partial charge in [-0.2, -0.15) is 0 Å². The lowest BCUT2D eigenvalue weighted by Gasteiger charge is -2.26. The van der Waals surface area contributed by atoms with Crippen LogP contribution in [0.15, 0.2) is 24.3 Å². The molecule has 0 spiro atoms. The second-order valence-corrected chi connectivity index (χ2v) is 3.54. The van der Waals surface area contributed by atoms with Crippen molar-refractivity contribution >= 4 is 5.97 Å². The molecule has 1 unspecified atom stereocenters. The first-order chi connectivity index (χ1) is 7.08. The molecule has 0 bridgehead atoms. The van der Waals surface area contributed by atoms with E-state index in [9.17, 15) is 9.18 Å². The van der Waals surface area contributed by atoms with Crippen LogP contribution in [-0.4, -0.2) is 24.3 Å². The molecule has 3 N–H and O–H groups in total. The third-order valence-electron chi connectivity index (χ3n) is 2.65. The number of benzene rings is 1. The fourth-order valence-electron chi connectivity index (χ4n) is 1.61. The standard InChI is InChI=1S/C11H14FNO2/c1-8-4-2-3-5-9(8)11(6-12,7-13)10(14)15/h2-5H,6-7,13H2,1H3,(H,14,15). The zero-order valence-electron chi connectivity index (χ0n) is 8.53. The highest BCUT2D eigenvalue weighted by Gasteiger charge is 2.40. The molecule has 1 aromatic rings. The summed E-state index contributed by atoms with van der Waals surface area (Å²) in [6, 6.07) is 6.82. The molecule has 15 heavy (non-hydrogen) atoms. The summed E-state index contributed by atoms with van der Waals surface area (Å²) in [5.74, 6) is -1.22. The Balaban J connectivity index is 3.33. The molecule has 1 aromatic carbocycles. The predicted molar refractivity (Wildman–Crippen MR) is 55.5 cm³/mol. The summed E-state index contributed by atoms with van der Waals surface area (Å²) in [4.78, 5) is 11.1. The molecule has 4 heteroatoms. The molecule has 1 atom stereocenters. The van der Waals surface area contributed by atoms with E-state index in [0.717, 1.165) is 5.56 Å². The third-order valence-corrected chi connectivity index (χ3v) is 2.65. The zero-order chi connectivity index (χ0) is 11.5. The fourth-order valence-corrected chi connectivity index (χ4v) is 1.61. The van der Waals surface area contributed by atoms with Crippen molar-refractivity contribution in [3.63, 3.8) is 0 Å². The Labute approximate surface area is 87.7 Å². The van der Waals surface area contributed by atoms with Crippen LogP contribution in [0.3, 0.4) is 0 Å². The largest absolute Gasteiger partial charge is 0.480 e. The van der Waals surface area contributed by atoms with Gasteiger partial charge in [0.2, 0.25) is 0 Å². The molecule has 0 aliphatic rings. The summed E-state index contributed by atoms with van der Waals surface area (Å²) in [5.41, 5.74) is 4.98. The normalized spacial score (nSPS) is 14.6. The summed E-state index contributed by atoms with van der Waals surface area (Å²) in [6.07, 6.45) is 0. The van der Waals surface area contributed by atoms with Crippen LogP contribution in [-0.2, 0) is 10.2 Å². The van der Waals surface area contributed by atoms with E-state index in [-0.39, 0.29) is 6.54 Å². The van der Waals surface area contributed by atoms with Crippen LogP contribution in [0.1, 0.15) is 11.1 Å². The van der Waals surface area contributed by atoms with Crippen LogP contribution < -0.4 is 5.73 Å². The number of carboxylic acid groups (broad SMARTS) is 1. The molecule has 0 saturated heterocycles. The van der Waals surface area contributed by atoms with Gasteiger partial charge in [0.1, 0.15) is 12.1 Å². The van der Waals surface area contributed by atoms with Crippen molar-refractivity contribution in [1.29, 1.82) is 0 Å². The smallest absolute Gasteiger partial charge is 0.318 e. The van der Waals surface area contributed by atoms with Crippen LogP contribution in [0.5, 0.6) is 0 Å². The lowest BCUT2D eigenvalue weighted by atomic mass is 9.79. The maximum atomic E-state index is 13.0. The minimum atomic E-state index is -1.61. The number of alkyl halides is 1. The van der Waals surface area contributed by atoms with Gasteiger partial charge in [0, 0.05) is 6.54 Å². The van der Waals surface area contributed by atoms with Gasteiger partial charge in [-0.25, -0.2) is 4.39 Å². The van der Waals surface area contributed by atoms with Crippen molar-refractivity contribution in [2.45, 2.75) is 12.3 Å². The summed E-state index contributed by atoms with van der Waals surface area (Å²) in [7, 11) is 0. The number of hydrogen-bond acceptors (Lipinski definition) is 2. The van der Waals surface area contributed by atoms with Gasteiger partial charge < -0.3 is 10.8 Å². The van der Waals surface area contributed by atoms with E-state index in [1.165, 1.54) is 0 Å². The highest BCUT2D eigenvalue weighted by Crippen LogP contribution is 2.27. The average Bonchev–Trinajstić information content (AvgIpc) is 2.22. The topological polar surface area (TPSA) is 63.3 Å². The molecular formula is C11H14FNO2. The number of hydrogen-bond donors (Lipinski definition) is 2. The van der Waals surface area contributed by atoms with Crippen LogP contribution in [0.25, 0.3) is 0 Å². The monoisotopic (exact) mass is 211 g/mol. The number of halogens is 1. The molecule has 82 valence electrons. The summed E-state index contributed by atoms with van der Waals surface area (Å²) < 4.78 is 13.0.